The number of aliphatic hydroxyl groups is 1. The molecule has 4 heteroatoms. The van der Waals surface area contributed by atoms with Crippen LogP contribution >= 0.6 is 0 Å². The summed E-state index contributed by atoms with van der Waals surface area (Å²) in [7, 11) is 0. The van der Waals surface area contributed by atoms with Crippen LogP contribution < -0.4 is 5.32 Å². The van der Waals surface area contributed by atoms with Crippen LogP contribution in [-0.2, 0) is 0 Å². The second-order valence-corrected chi connectivity index (χ2v) is 6.15. The summed E-state index contributed by atoms with van der Waals surface area (Å²) in [5.74, 6) is 0. The maximum atomic E-state index is 12.1. The first-order valence-corrected chi connectivity index (χ1v) is 7.04. The van der Waals surface area contributed by atoms with Gasteiger partial charge in [0, 0.05) is 12.1 Å². The maximum Gasteiger partial charge on any atom is 0.317 e. The standard InChI is InChI=1S/C16H26N2O2/c1-6-18(15(20)17-16(3,4)5)11-14(19)13-9-7-12(2)8-10-13/h7-10,14,19H,6,11H2,1-5H3,(H,17,20). The van der Waals surface area contributed by atoms with E-state index in [0.29, 0.717) is 13.1 Å². The molecule has 1 aromatic carbocycles. The lowest BCUT2D eigenvalue weighted by atomic mass is 10.1. The number of hydrogen-bond acceptors (Lipinski definition) is 2. The van der Waals surface area contributed by atoms with Crippen molar-refractivity contribution in [1.82, 2.24) is 10.2 Å². The maximum absolute atomic E-state index is 12.1. The number of benzene rings is 1. The van der Waals surface area contributed by atoms with Gasteiger partial charge in [0.1, 0.15) is 0 Å². The quantitative estimate of drug-likeness (QED) is 0.890. The minimum Gasteiger partial charge on any atom is -0.387 e. The largest absolute Gasteiger partial charge is 0.387 e. The second-order valence-electron chi connectivity index (χ2n) is 6.15. The summed E-state index contributed by atoms with van der Waals surface area (Å²) in [4.78, 5) is 13.7. The van der Waals surface area contributed by atoms with E-state index in [0.717, 1.165) is 11.1 Å². The number of nitrogens with one attached hydrogen (secondary N) is 1. The van der Waals surface area contributed by atoms with E-state index in [9.17, 15) is 9.90 Å². The fraction of sp³-hybridized carbons (Fsp3) is 0.562. The molecule has 1 aromatic rings. The van der Waals surface area contributed by atoms with Gasteiger partial charge in [0.05, 0.1) is 12.6 Å². The second kappa shape index (κ2) is 6.75. The van der Waals surface area contributed by atoms with Crippen LogP contribution in [0, 0.1) is 6.92 Å². The summed E-state index contributed by atoms with van der Waals surface area (Å²) in [6, 6.07) is 7.57. The molecule has 4 nitrogen and oxygen atoms in total. The van der Waals surface area contributed by atoms with E-state index in [4.69, 9.17) is 0 Å². The molecule has 2 N–H and O–H groups in total. The summed E-state index contributed by atoms with van der Waals surface area (Å²) in [5.41, 5.74) is 1.70. The van der Waals surface area contributed by atoms with E-state index in [1.807, 2.05) is 58.9 Å². The number of amides is 2. The van der Waals surface area contributed by atoms with Gasteiger partial charge >= 0.3 is 6.03 Å². The van der Waals surface area contributed by atoms with E-state index < -0.39 is 6.10 Å². The zero-order valence-corrected chi connectivity index (χ0v) is 13.1. The zero-order chi connectivity index (χ0) is 15.3. The lowest BCUT2D eigenvalue weighted by Gasteiger charge is -2.29. The van der Waals surface area contributed by atoms with E-state index in [1.165, 1.54) is 0 Å². The predicted molar refractivity (Wildman–Crippen MR) is 81.7 cm³/mol. The van der Waals surface area contributed by atoms with Crippen LogP contribution in [0.2, 0.25) is 0 Å². The number of likely N-dealkylation sites (N-methyl/N-ethyl adjacent to an activating group) is 1. The molecule has 112 valence electrons. The highest BCUT2D eigenvalue weighted by Gasteiger charge is 2.21. The Labute approximate surface area is 121 Å². The summed E-state index contributed by atoms with van der Waals surface area (Å²) in [5, 5.41) is 13.2. The van der Waals surface area contributed by atoms with Crippen molar-refractivity contribution in [2.75, 3.05) is 13.1 Å². The molecule has 0 saturated carbocycles. The topological polar surface area (TPSA) is 52.6 Å². The van der Waals surface area contributed by atoms with Crippen molar-refractivity contribution in [3.63, 3.8) is 0 Å². The molecule has 0 bridgehead atoms. The lowest BCUT2D eigenvalue weighted by Crippen LogP contribution is -2.49. The highest BCUT2D eigenvalue weighted by atomic mass is 16.3. The van der Waals surface area contributed by atoms with E-state index in [-0.39, 0.29) is 11.6 Å². The van der Waals surface area contributed by atoms with Gasteiger partial charge in [-0.05, 0) is 40.2 Å². The van der Waals surface area contributed by atoms with Crippen LogP contribution in [0.1, 0.15) is 44.9 Å². The molecule has 2 amide bonds. The molecule has 0 radical (unpaired) electrons. The first-order valence-electron chi connectivity index (χ1n) is 7.04. The van der Waals surface area contributed by atoms with Crippen LogP contribution in [0.25, 0.3) is 0 Å². The Morgan fingerprint density at radius 3 is 2.30 bits per heavy atom. The van der Waals surface area contributed by atoms with Gasteiger partial charge in [0.15, 0.2) is 0 Å². The minimum atomic E-state index is -0.665. The summed E-state index contributed by atoms with van der Waals surface area (Å²) >= 11 is 0. The van der Waals surface area contributed by atoms with Crippen LogP contribution in [0.4, 0.5) is 4.79 Å². The molecule has 0 heterocycles. The average Bonchev–Trinajstić information content (AvgIpc) is 2.34. The Balaban J connectivity index is 2.68. The van der Waals surface area contributed by atoms with Crippen molar-refractivity contribution in [3.05, 3.63) is 35.4 Å². The Morgan fingerprint density at radius 2 is 1.85 bits per heavy atom. The molecule has 0 aliphatic rings. The van der Waals surface area contributed by atoms with Gasteiger partial charge in [-0.25, -0.2) is 4.79 Å². The molecule has 0 aliphatic carbocycles. The molecule has 1 atom stereocenters. The molecule has 1 unspecified atom stereocenters. The van der Waals surface area contributed by atoms with Crippen molar-refractivity contribution < 1.29 is 9.90 Å². The number of aliphatic hydroxyl groups excluding tert-OH is 1. The first-order chi connectivity index (χ1) is 9.23. The van der Waals surface area contributed by atoms with Crippen molar-refractivity contribution >= 4 is 6.03 Å². The van der Waals surface area contributed by atoms with Gasteiger partial charge in [-0.1, -0.05) is 29.8 Å². The Morgan fingerprint density at radius 1 is 1.30 bits per heavy atom. The van der Waals surface area contributed by atoms with Gasteiger partial charge in [0.2, 0.25) is 0 Å². The average molecular weight is 278 g/mol. The lowest BCUT2D eigenvalue weighted by molar-refractivity contribution is 0.120. The fourth-order valence-corrected chi connectivity index (χ4v) is 1.86. The Kier molecular flexibility index (Phi) is 5.57. The molecule has 20 heavy (non-hydrogen) atoms. The smallest absolute Gasteiger partial charge is 0.317 e. The van der Waals surface area contributed by atoms with Gasteiger partial charge in [-0.15, -0.1) is 0 Å². The Bertz CT molecular complexity index is 435. The van der Waals surface area contributed by atoms with Gasteiger partial charge in [0.25, 0.3) is 0 Å². The highest BCUT2D eigenvalue weighted by molar-refractivity contribution is 5.75. The molecular weight excluding hydrogens is 252 g/mol. The van der Waals surface area contributed by atoms with Crippen LogP contribution in [0.15, 0.2) is 24.3 Å². The van der Waals surface area contributed by atoms with Crippen molar-refractivity contribution in [1.29, 1.82) is 0 Å². The van der Waals surface area contributed by atoms with Crippen molar-refractivity contribution in [3.8, 4) is 0 Å². The van der Waals surface area contributed by atoms with E-state index in [1.54, 1.807) is 4.90 Å². The summed E-state index contributed by atoms with van der Waals surface area (Å²) in [6.45, 7) is 10.6. The molecule has 0 aromatic heterocycles. The monoisotopic (exact) mass is 278 g/mol. The highest BCUT2D eigenvalue weighted by Crippen LogP contribution is 2.15. The third kappa shape index (κ3) is 5.21. The van der Waals surface area contributed by atoms with Crippen molar-refractivity contribution in [2.45, 2.75) is 46.3 Å². The number of aryl methyl sites for hydroxylation is 1. The normalized spacial score (nSPS) is 12.9. The number of rotatable bonds is 4. The molecule has 0 aliphatic heterocycles. The van der Waals surface area contributed by atoms with Crippen LogP contribution in [0.3, 0.4) is 0 Å². The number of urea groups is 1. The van der Waals surface area contributed by atoms with Gasteiger partial charge in [-0.2, -0.15) is 0 Å². The van der Waals surface area contributed by atoms with Gasteiger partial charge < -0.3 is 15.3 Å². The molecular formula is C16H26N2O2. The van der Waals surface area contributed by atoms with Crippen molar-refractivity contribution in [2.24, 2.45) is 0 Å². The summed E-state index contributed by atoms with van der Waals surface area (Å²) in [6.07, 6.45) is -0.665. The molecule has 0 spiro atoms. The SMILES string of the molecule is CCN(CC(O)c1ccc(C)cc1)C(=O)NC(C)(C)C. The van der Waals surface area contributed by atoms with Gasteiger partial charge in [-0.3, -0.25) is 0 Å². The number of carbonyl (C=O) groups excluding carboxylic acids is 1. The molecule has 1 rings (SSSR count). The molecule has 0 saturated heterocycles. The fourth-order valence-electron chi connectivity index (χ4n) is 1.86. The predicted octanol–water partition coefficient (Wildman–Crippen LogP) is 2.86. The number of carbonyl (C=O) groups is 1. The summed E-state index contributed by atoms with van der Waals surface area (Å²) < 4.78 is 0. The number of hydrogen-bond donors (Lipinski definition) is 2. The van der Waals surface area contributed by atoms with Crippen LogP contribution in [0.5, 0.6) is 0 Å². The van der Waals surface area contributed by atoms with E-state index in [2.05, 4.69) is 5.32 Å². The molecule has 0 fully saturated rings. The zero-order valence-electron chi connectivity index (χ0n) is 13.1. The number of nitrogens with zero attached hydrogens (tertiary/aromatic N) is 1. The van der Waals surface area contributed by atoms with E-state index >= 15 is 0 Å². The van der Waals surface area contributed by atoms with Crippen LogP contribution in [-0.4, -0.2) is 34.7 Å². The third-order valence-electron chi connectivity index (χ3n) is 3.01. The minimum absolute atomic E-state index is 0.147. The Hall–Kier alpha value is -1.55. The third-order valence-corrected chi connectivity index (χ3v) is 3.01. The first kappa shape index (κ1) is 16.5.